The number of nitrogens with zero attached hydrogens (tertiary/aromatic N) is 4. The lowest BCUT2D eigenvalue weighted by molar-refractivity contribution is 0.113. The third-order valence-electron chi connectivity index (χ3n) is 4.19. The number of para-hydroxylation sites is 1. The van der Waals surface area contributed by atoms with Crippen molar-refractivity contribution in [3.8, 4) is 0 Å². The molecule has 4 aromatic rings. The third-order valence-corrected chi connectivity index (χ3v) is 7.48. The maximum atomic E-state index is 9.69. The van der Waals surface area contributed by atoms with Crippen LogP contribution in [-0.2, 0) is 12.3 Å². The van der Waals surface area contributed by atoms with Gasteiger partial charge in [-0.05, 0) is 17.7 Å². The number of aliphatic hydroxyl groups is 2. The number of thiazole rings is 1. The van der Waals surface area contributed by atoms with Crippen LogP contribution >= 0.6 is 34.9 Å². The zero-order chi connectivity index (χ0) is 20.1. The lowest BCUT2D eigenvalue weighted by Crippen LogP contribution is -2.15. The molecule has 150 valence electrons. The summed E-state index contributed by atoms with van der Waals surface area (Å²) in [4.78, 5) is 4.68. The van der Waals surface area contributed by atoms with E-state index in [1.807, 2.05) is 36.4 Å². The standard InChI is InChI=1S/C20H20N4O2S3/c25-11-15(26)12-27-19-23-22-18(24(19)10-14-6-2-1-3-7-14)13-28-20-21-16-8-4-5-9-17(16)29-20/h1-9,15,25-26H,10-13H2/t15-/m0/s1. The molecule has 0 amide bonds. The number of thioether (sulfide) groups is 2. The fourth-order valence-corrected chi connectivity index (χ4v) is 5.60. The van der Waals surface area contributed by atoms with Crippen molar-refractivity contribution >= 4 is 45.1 Å². The second-order valence-corrected chi connectivity index (χ2v) is 9.59. The summed E-state index contributed by atoms with van der Waals surface area (Å²) in [6, 6.07) is 18.3. The second-order valence-electron chi connectivity index (χ2n) is 6.35. The van der Waals surface area contributed by atoms with Crippen LogP contribution in [0.25, 0.3) is 10.2 Å². The maximum Gasteiger partial charge on any atom is 0.191 e. The first kappa shape index (κ1) is 20.4. The van der Waals surface area contributed by atoms with Gasteiger partial charge in [0.15, 0.2) is 9.50 Å². The molecule has 2 heterocycles. The molecular weight excluding hydrogens is 424 g/mol. The predicted octanol–water partition coefficient (Wildman–Crippen LogP) is 3.67. The first-order valence-corrected chi connectivity index (χ1v) is 11.9. The van der Waals surface area contributed by atoms with Crippen molar-refractivity contribution in [2.45, 2.75) is 27.9 Å². The largest absolute Gasteiger partial charge is 0.394 e. The summed E-state index contributed by atoms with van der Waals surface area (Å²) in [5.41, 5.74) is 2.17. The SMILES string of the molecule is OC[C@H](O)CSc1nnc(CSc2nc3ccccc3s2)n1Cc1ccccc1. The molecule has 6 nitrogen and oxygen atoms in total. The number of fused-ring (bicyclic) bond motifs is 1. The van der Waals surface area contributed by atoms with Gasteiger partial charge in [-0.3, -0.25) is 0 Å². The summed E-state index contributed by atoms with van der Waals surface area (Å²) in [7, 11) is 0. The molecule has 29 heavy (non-hydrogen) atoms. The first-order valence-electron chi connectivity index (χ1n) is 9.09. The first-order chi connectivity index (χ1) is 14.2. The Balaban J connectivity index is 1.53. The molecule has 0 unspecified atom stereocenters. The average Bonchev–Trinajstić information content (AvgIpc) is 3.34. The number of benzene rings is 2. The van der Waals surface area contributed by atoms with Crippen LogP contribution in [0.2, 0.25) is 0 Å². The second kappa shape index (κ2) is 9.73. The molecule has 0 bridgehead atoms. The van der Waals surface area contributed by atoms with Gasteiger partial charge in [-0.2, -0.15) is 0 Å². The van der Waals surface area contributed by atoms with Gasteiger partial charge in [-0.1, -0.05) is 66.0 Å². The van der Waals surface area contributed by atoms with E-state index in [1.54, 1.807) is 23.1 Å². The molecule has 4 rings (SSSR count). The normalized spacial score (nSPS) is 12.5. The van der Waals surface area contributed by atoms with Crippen molar-refractivity contribution in [1.82, 2.24) is 19.7 Å². The van der Waals surface area contributed by atoms with Crippen molar-refractivity contribution in [3.63, 3.8) is 0 Å². The highest BCUT2D eigenvalue weighted by Gasteiger charge is 2.16. The molecule has 0 fully saturated rings. The number of rotatable bonds is 9. The van der Waals surface area contributed by atoms with Crippen molar-refractivity contribution in [1.29, 1.82) is 0 Å². The fourth-order valence-electron chi connectivity index (χ4n) is 2.72. The van der Waals surface area contributed by atoms with Crippen molar-refractivity contribution in [2.75, 3.05) is 12.4 Å². The van der Waals surface area contributed by atoms with Crippen LogP contribution in [0.15, 0.2) is 64.1 Å². The Kier molecular flexibility index (Phi) is 6.83. The van der Waals surface area contributed by atoms with E-state index < -0.39 is 6.10 Å². The van der Waals surface area contributed by atoms with Gasteiger partial charge < -0.3 is 14.8 Å². The van der Waals surface area contributed by atoms with Crippen molar-refractivity contribution in [2.24, 2.45) is 0 Å². The third kappa shape index (κ3) is 5.18. The summed E-state index contributed by atoms with van der Waals surface area (Å²) in [5.74, 6) is 1.89. The van der Waals surface area contributed by atoms with Gasteiger partial charge in [-0.15, -0.1) is 21.5 Å². The Morgan fingerprint density at radius 1 is 1.00 bits per heavy atom. The molecule has 0 radical (unpaired) electrons. The van der Waals surface area contributed by atoms with E-state index in [4.69, 9.17) is 5.11 Å². The van der Waals surface area contributed by atoms with Gasteiger partial charge in [0, 0.05) is 5.75 Å². The molecule has 2 N–H and O–H groups in total. The molecule has 0 aliphatic carbocycles. The maximum absolute atomic E-state index is 9.69. The molecule has 1 atom stereocenters. The van der Waals surface area contributed by atoms with E-state index >= 15 is 0 Å². The van der Waals surface area contributed by atoms with Crippen molar-refractivity contribution < 1.29 is 10.2 Å². The molecular formula is C20H20N4O2S3. The van der Waals surface area contributed by atoms with Crippen LogP contribution in [-0.4, -0.2) is 48.4 Å². The van der Waals surface area contributed by atoms with Crippen LogP contribution in [0.3, 0.4) is 0 Å². The van der Waals surface area contributed by atoms with Gasteiger partial charge in [0.05, 0.1) is 35.2 Å². The molecule has 0 aliphatic rings. The van der Waals surface area contributed by atoms with Crippen LogP contribution in [0.1, 0.15) is 11.4 Å². The van der Waals surface area contributed by atoms with E-state index in [1.165, 1.54) is 16.5 Å². The van der Waals surface area contributed by atoms with Gasteiger partial charge in [-0.25, -0.2) is 4.98 Å². The predicted molar refractivity (Wildman–Crippen MR) is 119 cm³/mol. The van der Waals surface area contributed by atoms with Gasteiger partial charge in [0.2, 0.25) is 0 Å². The van der Waals surface area contributed by atoms with Crippen LogP contribution in [0.4, 0.5) is 0 Å². The summed E-state index contributed by atoms with van der Waals surface area (Å²) < 4.78 is 4.25. The van der Waals surface area contributed by atoms with Gasteiger partial charge >= 0.3 is 0 Å². The smallest absolute Gasteiger partial charge is 0.191 e. The van der Waals surface area contributed by atoms with E-state index in [-0.39, 0.29) is 6.61 Å². The lowest BCUT2D eigenvalue weighted by atomic mass is 10.2. The molecule has 0 aliphatic heterocycles. The minimum absolute atomic E-state index is 0.264. The average molecular weight is 445 g/mol. The van der Waals surface area contributed by atoms with Crippen LogP contribution < -0.4 is 0 Å². The molecule has 9 heteroatoms. The zero-order valence-corrected chi connectivity index (χ0v) is 18.0. The quantitative estimate of drug-likeness (QED) is 0.381. The van der Waals surface area contributed by atoms with E-state index in [9.17, 15) is 5.11 Å². The number of hydrogen-bond acceptors (Lipinski definition) is 8. The number of hydrogen-bond donors (Lipinski definition) is 2. The van der Waals surface area contributed by atoms with Crippen molar-refractivity contribution in [3.05, 3.63) is 66.0 Å². The Morgan fingerprint density at radius 2 is 1.79 bits per heavy atom. The summed E-state index contributed by atoms with van der Waals surface area (Å²) in [6.45, 7) is 0.390. The van der Waals surface area contributed by atoms with E-state index in [0.29, 0.717) is 18.1 Å². The lowest BCUT2D eigenvalue weighted by Gasteiger charge is -2.11. The summed E-state index contributed by atoms with van der Waals surface area (Å²) >= 11 is 4.73. The molecule has 2 aromatic heterocycles. The monoisotopic (exact) mass is 444 g/mol. The Labute approximate surface area is 181 Å². The highest BCUT2D eigenvalue weighted by atomic mass is 32.2. The van der Waals surface area contributed by atoms with Crippen LogP contribution in [0.5, 0.6) is 0 Å². The molecule has 0 spiro atoms. The fraction of sp³-hybridized carbons (Fsp3) is 0.250. The summed E-state index contributed by atoms with van der Waals surface area (Å²) in [5, 5.41) is 28.2. The van der Waals surface area contributed by atoms with E-state index in [0.717, 1.165) is 26.4 Å². The van der Waals surface area contributed by atoms with Crippen LogP contribution in [0, 0.1) is 0 Å². The number of aromatic nitrogens is 4. The van der Waals surface area contributed by atoms with Gasteiger partial charge in [0.1, 0.15) is 5.82 Å². The molecule has 0 saturated heterocycles. The highest BCUT2D eigenvalue weighted by molar-refractivity contribution is 8.00. The summed E-state index contributed by atoms with van der Waals surface area (Å²) in [6.07, 6.45) is -0.776. The Hall–Kier alpha value is -1.91. The molecule has 0 saturated carbocycles. The van der Waals surface area contributed by atoms with E-state index in [2.05, 4.69) is 37.9 Å². The Bertz CT molecular complexity index is 1030. The number of aliphatic hydroxyl groups excluding tert-OH is 2. The van der Waals surface area contributed by atoms with Gasteiger partial charge in [0.25, 0.3) is 0 Å². The highest BCUT2D eigenvalue weighted by Crippen LogP contribution is 2.32. The molecule has 2 aromatic carbocycles. The Morgan fingerprint density at radius 3 is 2.59 bits per heavy atom. The minimum atomic E-state index is -0.776. The topological polar surface area (TPSA) is 84.1 Å². The zero-order valence-electron chi connectivity index (χ0n) is 15.5. The minimum Gasteiger partial charge on any atom is -0.394 e.